The average molecular weight is 500 g/mol. The highest BCUT2D eigenvalue weighted by Crippen LogP contribution is 2.19. The maximum absolute atomic E-state index is 13.7. The second-order valence-electron chi connectivity index (χ2n) is 9.21. The molecule has 4 rings (SSSR count). The molecule has 3 aromatic rings. The fourth-order valence-electron chi connectivity index (χ4n) is 4.26. The third-order valence-electron chi connectivity index (χ3n) is 6.45. The molecule has 0 aliphatic carbocycles. The van der Waals surface area contributed by atoms with Crippen LogP contribution in [0.4, 0.5) is 4.79 Å². The Hall–Kier alpha value is -4.17. The van der Waals surface area contributed by atoms with Crippen LogP contribution in [0.1, 0.15) is 28.3 Å². The summed E-state index contributed by atoms with van der Waals surface area (Å²) in [6, 6.07) is 25.8. The zero-order chi connectivity index (χ0) is 26.2. The molecule has 0 radical (unpaired) electrons. The largest absolute Gasteiger partial charge is 0.339 e. The minimum absolute atomic E-state index is 0.0513. The first kappa shape index (κ1) is 25.9. The molecule has 2 N–H and O–H groups in total. The number of nitrogens with one attached hydrogen (secondary N) is 2. The second kappa shape index (κ2) is 12.2. The minimum Gasteiger partial charge on any atom is -0.339 e. The van der Waals surface area contributed by atoms with Crippen LogP contribution in [0.15, 0.2) is 84.9 Å². The van der Waals surface area contributed by atoms with Crippen LogP contribution in [0, 0.1) is 6.92 Å². The highest BCUT2D eigenvalue weighted by atomic mass is 16.2. The Morgan fingerprint density at radius 3 is 2.24 bits per heavy atom. The van der Waals surface area contributed by atoms with Crippen molar-refractivity contribution in [1.29, 1.82) is 0 Å². The summed E-state index contributed by atoms with van der Waals surface area (Å²) in [7, 11) is 1.63. The highest BCUT2D eigenvalue weighted by Gasteiger charge is 2.32. The van der Waals surface area contributed by atoms with Gasteiger partial charge in [-0.1, -0.05) is 90.5 Å². The quantitative estimate of drug-likeness (QED) is 0.545. The third kappa shape index (κ3) is 6.95. The Kier molecular flexibility index (Phi) is 8.53. The predicted octanol–water partition coefficient (Wildman–Crippen LogP) is 3.25. The zero-order valence-electron chi connectivity index (χ0n) is 21.3. The van der Waals surface area contributed by atoms with Crippen molar-refractivity contribution in [2.45, 2.75) is 26.1 Å². The molecular weight excluding hydrogens is 466 g/mol. The lowest BCUT2D eigenvalue weighted by atomic mass is 10.0. The van der Waals surface area contributed by atoms with Crippen LogP contribution >= 0.6 is 0 Å². The van der Waals surface area contributed by atoms with E-state index in [-0.39, 0.29) is 24.4 Å². The van der Waals surface area contributed by atoms with E-state index in [2.05, 4.69) is 10.6 Å². The van der Waals surface area contributed by atoms with Gasteiger partial charge in [-0.25, -0.2) is 9.80 Å². The zero-order valence-corrected chi connectivity index (χ0v) is 21.3. The summed E-state index contributed by atoms with van der Waals surface area (Å²) in [5.74, 6) is -0.514. The lowest BCUT2D eigenvalue weighted by molar-refractivity contribution is -0.136. The monoisotopic (exact) mass is 499 g/mol. The van der Waals surface area contributed by atoms with E-state index in [0.717, 1.165) is 22.3 Å². The number of hydrogen-bond donors (Lipinski definition) is 2. The summed E-state index contributed by atoms with van der Waals surface area (Å²) < 4.78 is 0. The lowest BCUT2D eigenvalue weighted by Gasteiger charge is -2.32. The number of carbonyl (C=O) groups excluding carboxylic acids is 3. The summed E-state index contributed by atoms with van der Waals surface area (Å²) in [5.41, 5.74) is 3.84. The highest BCUT2D eigenvalue weighted by molar-refractivity contribution is 5.89. The predicted molar refractivity (Wildman–Crippen MR) is 142 cm³/mol. The Bertz CT molecular complexity index is 1200. The van der Waals surface area contributed by atoms with Gasteiger partial charge in [0.15, 0.2) is 0 Å². The SMILES string of the molecule is Cc1ccc(CN2CCN(N(C)C(=O)NCc3ccccc3)CC(=O)N[C@@H](c3ccccc3)C2=O)cc1. The van der Waals surface area contributed by atoms with Crippen LogP contribution in [0.3, 0.4) is 0 Å². The van der Waals surface area contributed by atoms with Crippen LogP contribution in [0.5, 0.6) is 0 Å². The molecule has 1 aliphatic heterocycles. The van der Waals surface area contributed by atoms with Gasteiger partial charge in [0.25, 0.3) is 0 Å². The molecule has 37 heavy (non-hydrogen) atoms. The van der Waals surface area contributed by atoms with E-state index in [4.69, 9.17) is 0 Å². The topological polar surface area (TPSA) is 85.0 Å². The Morgan fingerprint density at radius 1 is 0.919 bits per heavy atom. The van der Waals surface area contributed by atoms with Crippen LogP contribution in [-0.2, 0) is 22.7 Å². The lowest BCUT2D eigenvalue weighted by Crippen LogP contribution is -2.52. The fraction of sp³-hybridized carbons (Fsp3) is 0.276. The molecule has 8 heteroatoms. The van der Waals surface area contributed by atoms with Crippen molar-refractivity contribution in [3.63, 3.8) is 0 Å². The van der Waals surface area contributed by atoms with Crippen molar-refractivity contribution in [2.24, 2.45) is 0 Å². The molecule has 8 nitrogen and oxygen atoms in total. The van der Waals surface area contributed by atoms with Crippen molar-refractivity contribution >= 4 is 17.8 Å². The van der Waals surface area contributed by atoms with Gasteiger partial charge in [0.05, 0.1) is 6.54 Å². The van der Waals surface area contributed by atoms with E-state index < -0.39 is 6.04 Å². The van der Waals surface area contributed by atoms with Gasteiger partial charge < -0.3 is 15.5 Å². The van der Waals surface area contributed by atoms with Crippen LogP contribution in [0.2, 0.25) is 0 Å². The van der Waals surface area contributed by atoms with Crippen LogP contribution in [0.25, 0.3) is 0 Å². The minimum atomic E-state index is -0.809. The van der Waals surface area contributed by atoms with Crippen molar-refractivity contribution < 1.29 is 14.4 Å². The van der Waals surface area contributed by atoms with Gasteiger partial charge in [-0.2, -0.15) is 0 Å². The molecule has 1 aliphatic rings. The van der Waals surface area contributed by atoms with Gasteiger partial charge in [0, 0.05) is 33.2 Å². The molecule has 0 saturated carbocycles. The molecule has 1 fully saturated rings. The van der Waals surface area contributed by atoms with Crippen molar-refractivity contribution in [1.82, 2.24) is 25.6 Å². The van der Waals surface area contributed by atoms with E-state index in [0.29, 0.717) is 26.2 Å². The number of aryl methyl sites for hydroxylation is 1. The summed E-state index contributed by atoms with van der Waals surface area (Å²) in [5, 5.41) is 8.88. The van der Waals surface area contributed by atoms with E-state index in [1.807, 2.05) is 91.9 Å². The van der Waals surface area contributed by atoms with E-state index in [1.54, 1.807) is 17.0 Å². The average Bonchev–Trinajstić information content (AvgIpc) is 2.98. The van der Waals surface area contributed by atoms with Gasteiger partial charge in [0.1, 0.15) is 6.04 Å². The van der Waals surface area contributed by atoms with Gasteiger partial charge in [-0.3, -0.25) is 14.6 Å². The maximum Gasteiger partial charge on any atom is 0.331 e. The number of hydrazine groups is 1. The van der Waals surface area contributed by atoms with Gasteiger partial charge in [-0.15, -0.1) is 0 Å². The molecule has 1 heterocycles. The molecule has 0 bridgehead atoms. The second-order valence-corrected chi connectivity index (χ2v) is 9.21. The van der Waals surface area contributed by atoms with Gasteiger partial charge in [0.2, 0.25) is 11.8 Å². The summed E-state index contributed by atoms with van der Waals surface area (Å²) in [6.45, 7) is 3.41. The number of hydrogen-bond acceptors (Lipinski definition) is 4. The maximum atomic E-state index is 13.7. The Balaban J connectivity index is 1.53. The van der Waals surface area contributed by atoms with E-state index in [9.17, 15) is 14.4 Å². The van der Waals surface area contributed by atoms with Gasteiger partial charge in [-0.05, 0) is 23.6 Å². The number of benzene rings is 3. The molecule has 3 aromatic carbocycles. The molecule has 1 saturated heterocycles. The van der Waals surface area contributed by atoms with Crippen molar-refractivity contribution in [2.75, 3.05) is 26.7 Å². The number of carbonyl (C=O) groups is 3. The van der Waals surface area contributed by atoms with E-state index >= 15 is 0 Å². The van der Waals surface area contributed by atoms with Crippen molar-refractivity contribution in [3.05, 3.63) is 107 Å². The Morgan fingerprint density at radius 2 is 1.57 bits per heavy atom. The summed E-state index contributed by atoms with van der Waals surface area (Å²) >= 11 is 0. The fourth-order valence-corrected chi connectivity index (χ4v) is 4.26. The van der Waals surface area contributed by atoms with Crippen LogP contribution < -0.4 is 10.6 Å². The van der Waals surface area contributed by atoms with Crippen LogP contribution in [-0.4, -0.2) is 59.4 Å². The molecule has 0 aromatic heterocycles. The number of nitrogens with zero attached hydrogens (tertiary/aromatic N) is 3. The first-order valence-corrected chi connectivity index (χ1v) is 12.4. The summed E-state index contributed by atoms with van der Waals surface area (Å²) in [6.07, 6.45) is 0. The molecular formula is C29H33N5O3. The number of urea groups is 1. The van der Waals surface area contributed by atoms with Crippen molar-refractivity contribution in [3.8, 4) is 0 Å². The first-order valence-electron chi connectivity index (χ1n) is 12.4. The molecule has 192 valence electrons. The third-order valence-corrected chi connectivity index (χ3v) is 6.45. The number of amides is 4. The summed E-state index contributed by atoms with van der Waals surface area (Å²) in [4.78, 5) is 41.5. The standard InChI is InChI=1S/C29H33N5O3/c1-22-13-15-24(16-14-22)20-33-17-18-34(32(2)29(37)30-19-23-9-5-3-6-10-23)21-26(35)31-27(28(33)36)25-11-7-4-8-12-25/h3-16,27H,17-21H2,1-2H3,(H,30,37)(H,31,35)/t27-/m0/s1. The molecule has 1 atom stereocenters. The normalized spacial score (nSPS) is 16.8. The molecule has 4 amide bonds. The van der Waals surface area contributed by atoms with Gasteiger partial charge >= 0.3 is 6.03 Å². The molecule has 0 spiro atoms. The first-order chi connectivity index (χ1) is 17.9. The Labute approximate surface area is 217 Å². The van der Waals surface area contributed by atoms with E-state index in [1.165, 1.54) is 5.01 Å². The smallest absolute Gasteiger partial charge is 0.331 e. The molecule has 0 unspecified atom stereocenters. The number of rotatable bonds is 6.